The second kappa shape index (κ2) is 4.42. The largest absolute Gasteiger partial charge is 0.481 e. The quantitative estimate of drug-likeness (QED) is 0.831. The van der Waals surface area contributed by atoms with E-state index in [1.54, 1.807) is 7.11 Å². The molecule has 98 valence electrons. The Hall–Kier alpha value is -2.30. The van der Waals surface area contributed by atoms with Gasteiger partial charge in [0, 0.05) is 24.8 Å². The molecule has 1 aromatic carbocycles. The lowest BCUT2D eigenvalue weighted by atomic mass is 10.1. The van der Waals surface area contributed by atoms with Crippen molar-refractivity contribution in [3.63, 3.8) is 0 Å². The summed E-state index contributed by atoms with van der Waals surface area (Å²) >= 11 is 0. The summed E-state index contributed by atoms with van der Waals surface area (Å²) in [7, 11) is 1.62. The van der Waals surface area contributed by atoms with Gasteiger partial charge in [0.1, 0.15) is 11.6 Å². The van der Waals surface area contributed by atoms with Crippen molar-refractivity contribution < 1.29 is 4.74 Å². The number of rotatable bonds is 2. The van der Waals surface area contributed by atoms with E-state index in [1.165, 1.54) is 11.1 Å². The average Bonchev–Trinajstić information content (AvgIpc) is 2.80. The van der Waals surface area contributed by atoms with Gasteiger partial charge in [-0.15, -0.1) is 0 Å². The minimum atomic E-state index is 0.595. The van der Waals surface area contributed by atoms with Crippen LogP contribution in [0.1, 0.15) is 17.0 Å². The molecule has 0 aliphatic carbocycles. The normalized spacial score (nSPS) is 13.5. The molecule has 0 unspecified atom stereocenters. The van der Waals surface area contributed by atoms with Crippen LogP contribution in [0.2, 0.25) is 0 Å². The smallest absolute Gasteiger partial charge is 0.218 e. The summed E-state index contributed by atoms with van der Waals surface area (Å²) in [6, 6.07) is 7.91. The van der Waals surface area contributed by atoms with Crippen LogP contribution in [0.15, 0.2) is 24.3 Å². The maximum atomic E-state index is 5.82. The third kappa shape index (κ3) is 2.19. The summed E-state index contributed by atoms with van der Waals surface area (Å²) in [6.07, 6.45) is 0. The van der Waals surface area contributed by atoms with E-state index in [0.29, 0.717) is 11.7 Å². The number of hydrogen-bond acceptors (Lipinski definition) is 5. The Balaban J connectivity index is 1.92. The first-order chi connectivity index (χ1) is 9.15. The van der Waals surface area contributed by atoms with Gasteiger partial charge >= 0.3 is 0 Å². The minimum absolute atomic E-state index is 0.595. The van der Waals surface area contributed by atoms with Gasteiger partial charge in [-0.25, -0.2) is 4.98 Å². The van der Waals surface area contributed by atoms with Gasteiger partial charge in [0.2, 0.25) is 5.88 Å². The van der Waals surface area contributed by atoms with E-state index < -0.39 is 0 Å². The number of nitrogens with two attached hydrogens (primary N) is 1. The number of fused-ring (bicyclic) bond motifs is 1. The minimum Gasteiger partial charge on any atom is -0.481 e. The zero-order chi connectivity index (χ0) is 13.4. The van der Waals surface area contributed by atoms with Crippen LogP contribution in [0.5, 0.6) is 5.88 Å². The third-order valence-corrected chi connectivity index (χ3v) is 3.29. The van der Waals surface area contributed by atoms with E-state index >= 15 is 0 Å². The number of aryl methyl sites for hydroxylation is 1. The number of ether oxygens (including phenoxy) is 1. The van der Waals surface area contributed by atoms with E-state index in [1.807, 2.05) is 25.1 Å². The third-order valence-electron chi connectivity index (χ3n) is 3.29. The zero-order valence-corrected chi connectivity index (χ0v) is 11.1. The fourth-order valence-electron chi connectivity index (χ4n) is 2.37. The molecule has 19 heavy (non-hydrogen) atoms. The van der Waals surface area contributed by atoms with Crippen molar-refractivity contribution in [3.8, 4) is 5.88 Å². The zero-order valence-electron chi connectivity index (χ0n) is 11.1. The fraction of sp³-hybridized carbons (Fsp3) is 0.286. The molecule has 0 saturated carbocycles. The van der Waals surface area contributed by atoms with E-state index in [0.717, 1.165) is 24.6 Å². The highest BCUT2D eigenvalue weighted by Crippen LogP contribution is 2.29. The lowest BCUT2D eigenvalue weighted by Crippen LogP contribution is -2.16. The molecule has 0 fully saturated rings. The van der Waals surface area contributed by atoms with Crippen LogP contribution in [-0.4, -0.2) is 17.1 Å². The first-order valence-corrected chi connectivity index (χ1v) is 6.17. The van der Waals surface area contributed by atoms with Crippen LogP contribution in [0, 0.1) is 6.92 Å². The highest BCUT2D eigenvalue weighted by Gasteiger charge is 2.21. The van der Waals surface area contributed by atoms with Gasteiger partial charge in [0.05, 0.1) is 7.11 Å². The lowest BCUT2D eigenvalue weighted by molar-refractivity contribution is 0.395. The van der Waals surface area contributed by atoms with Gasteiger partial charge in [0.15, 0.2) is 0 Å². The Bertz CT molecular complexity index is 627. The topological polar surface area (TPSA) is 64.3 Å². The van der Waals surface area contributed by atoms with Gasteiger partial charge in [-0.05, 0) is 30.2 Å². The molecule has 2 heterocycles. The Morgan fingerprint density at radius 3 is 2.74 bits per heavy atom. The number of aromatic nitrogens is 2. The van der Waals surface area contributed by atoms with Crippen LogP contribution in [0.25, 0.3) is 0 Å². The fourth-order valence-corrected chi connectivity index (χ4v) is 2.37. The standard InChI is InChI=1S/C14H16N4O/c1-9-16-13(6-14(17-9)19-2)18-7-10-3-4-12(15)5-11(10)8-18/h3-6H,7-8,15H2,1-2H3. The molecule has 2 N–H and O–H groups in total. The monoisotopic (exact) mass is 256 g/mol. The molecule has 1 aliphatic heterocycles. The average molecular weight is 256 g/mol. The summed E-state index contributed by atoms with van der Waals surface area (Å²) in [5, 5.41) is 0. The van der Waals surface area contributed by atoms with Crippen LogP contribution in [-0.2, 0) is 13.1 Å². The van der Waals surface area contributed by atoms with Gasteiger partial charge in [-0.3, -0.25) is 0 Å². The van der Waals surface area contributed by atoms with Crippen molar-refractivity contribution in [1.82, 2.24) is 9.97 Å². The Kier molecular flexibility index (Phi) is 2.74. The predicted molar refractivity (Wildman–Crippen MR) is 74.1 cm³/mol. The van der Waals surface area contributed by atoms with E-state index in [9.17, 15) is 0 Å². The first kappa shape index (κ1) is 11.8. The van der Waals surface area contributed by atoms with Crippen molar-refractivity contribution in [2.45, 2.75) is 20.0 Å². The number of nitrogens with zero attached hydrogens (tertiary/aromatic N) is 3. The maximum Gasteiger partial charge on any atom is 0.218 e. The second-order valence-corrected chi connectivity index (χ2v) is 4.70. The summed E-state index contributed by atoms with van der Waals surface area (Å²) < 4.78 is 5.19. The number of benzene rings is 1. The number of methoxy groups -OCH3 is 1. The summed E-state index contributed by atoms with van der Waals surface area (Å²) in [4.78, 5) is 10.9. The summed E-state index contributed by atoms with van der Waals surface area (Å²) in [5.74, 6) is 2.20. The lowest BCUT2D eigenvalue weighted by Gasteiger charge is -2.17. The molecular weight excluding hydrogens is 240 g/mol. The van der Waals surface area contributed by atoms with Crippen molar-refractivity contribution in [1.29, 1.82) is 0 Å². The summed E-state index contributed by atoms with van der Waals surface area (Å²) in [6.45, 7) is 3.53. The first-order valence-electron chi connectivity index (χ1n) is 6.17. The van der Waals surface area contributed by atoms with Crippen molar-refractivity contribution >= 4 is 11.5 Å². The summed E-state index contributed by atoms with van der Waals surface area (Å²) in [5.41, 5.74) is 9.18. The van der Waals surface area contributed by atoms with Crippen LogP contribution in [0.4, 0.5) is 11.5 Å². The molecule has 0 saturated heterocycles. The predicted octanol–water partition coefficient (Wildman–Crippen LogP) is 1.90. The van der Waals surface area contributed by atoms with Crippen LogP contribution >= 0.6 is 0 Å². The molecule has 0 bridgehead atoms. The second-order valence-electron chi connectivity index (χ2n) is 4.70. The number of anilines is 2. The highest BCUT2D eigenvalue weighted by atomic mass is 16.5. The number of nitrogen functional groups attached to an aromatic ring is 1. The Labute approximate surface area is 112 Å². The Morgan fingerprint density at radius 1 is 1.16 bits per heavy atom. The SMILES string of the molecule is COc1cc(N2Cc3ccc(N)cc3C2)nc(C)n1. The molecule has 2 aromatic rings. The van der Waals surface area contributed by atoms with Crippen LogP contribution in [0.3, 0.4) is 0 Å². The van der Waals surface area contributed by atoms with Gasteiger partial charge < -0.3 is 15.4 Å². The molecule has 0 amide bonds. The van der Waals surface area contributed by atoms with Gasteiger partial charge in [0.25, 0.3) is 0 Å². The molecule has 3 rings (SSSR count). The van der Waals surface area contributed by atoms with Crippen molar-refractivity contribution in [2.24, 2.45) is 0 Å². The molecular formula is C14H16N4O. The molecule has 0 spiro atoms. The maximum absolute atomic E-state index is 5.82. The van der Waals surface area contributed by atoms with Crippen molar-refractivity contribution in [2.75, 3.05) is 17.7 Å². The molecule has 0 radical (unpaired) electrons. The molecule has 1 aromatic heterocycles. The van der Waals surface area contributed by atoms with Gasteiger partial charge in [-0.1, -0.05) is 6.07 Å². The van der Waals surface area contributed by atoms with Crippen LogP contribution < -0.4 is 15.4 Å². The van der Waals surface area contributed by atoms with E-state index in [4.69, 9.17) is 10.5 Å². The van der Waals surface area contributed by atoms with Crippen molar-refractivity contribution in [3.05, 3.63) is 41.2 Å². The van der Waals surface area contributed by atoms with E-state index in [-0.39, 0.29) is 0 Å². The Morgan fingerprint density at radius 2 is 1.95 bits per heavy atom. The molecule has 5 nitrogen and oxygen atoms in total. The van der Waals surface area contributed by atoms with E-state index in [2.05, 4.69) is 20.9 Å². The molecule has 0 atom stereocenters. The number of hydrogen-bond donors (Lipinski definition) is 1. The molecule has 5 heteroatoms. The molecule has 1 aliphatic rings. The van der Waals surface area contributed by atoms with Gasteiger partial charge in [-0.2, -0.15) is 4.98 Å². The highest BCUT2D eigenvalue weighted by molar-refractivity contribution is 5.53.